The zero-order chi connectivity index (χ0) is 19.2. The summed E-state index contributed by atoms with van der Waals surface area (Å²) in [6.45, 7) is 1.49. The molecule has 2 N–H and O–H groups in total. The summed E-state index contributed by atoms with van der Waals surface area (Å²) in [5.41, 5.74) is 1.78. The van der Waals surface area contributed by atoms with Crippen molar-refractivity contribution < 1.29 is 9.59 Å². The first-order chi connectivity index (χ1) is 13.1. The number of anilines is 2. The summed E-state index contributed by atoms with van der Waals surface area (Å²) in [4.78, 5) is 30.5. The monoisotopic (exact) mass is 363 g/mol. The van der Waals surface area contributed by atoms with E-state index >= 15 is 0 Å². The van der Waals surface area contributed by atoms with Gasteiger partial charge in [-0.15, -0.1) is 0 Å². The third-order valence-electron chi connectivity index (χ3n) is 4.71. The molecule has 0 saturated carbocycles. The van der Waals surface area contributed by atoms with Crippen molar-refractivity contribution in [3.05, 3.63) is 53.7 Å². The minimum Gasteiger partial charge on any atom is -0.357 e. The Bertz CT molecular complexity index is 847. The Balaban J connectivity index is 1.53. The zero-order valence-corrected chi connectivity index (χ0v) is 15.1. The molecular weight excluding hydrogens is 342 g/mol. The van der Waals surface area contributed by atoms with Crippen LogP contribution in [0, 0.1) is 17.2 Å². The fourth-order valence-electron chi connectivity index (χ4n) is 3.10. The summed E-state index contributed by atoms with van der Waals surface area (Å²) in [6, 6.07) is 12.5. The molecule has 27 heavy (non-hydrogen) atoms. The van der Waals surface area contributed by atoms with Crippen molar-refractivity contribution in [3.8, 4) is 6.07 Å². The molecule has 0 aliphatic carbocycles. The second kappa shape index (κ2) is 8.32. The Hall–Kier alpha value is -3.40. The van der Waals surface area contributed by atoms with Crippen molar-refractivity contribution >= 4 is 23.3 Å². The van der Waals surface area contributed by atoms with E-state index in [1.54, 1.807) is 43.6 Å². The normalized spacial score (nSPS) is 14.3. The van der Waals surface area contributed by atoms with Crippen molar-refractivity contribution in [2.45, 2.75) is 12.8 Å². The van der Waals surface area contributed by atoms with Crippen LogP contribution in [0.1, 0.15) is 28.8 Å². The second-order valence-corrected chi connectivity index (χ2v) is 6.42. The number of benzene rings is 1. The number of hydrogen-bond acceptors (Lipinski definition) is 5. The lowest BCUT2D eigenvalue weighted by Crippen LogP contribution is -2.38. The molecule has 7 nitrogen and oxygen atoms in total. The molecule has 2 amide bonds. The lowest BCUT2D eigenvalue weighted by Gasteiger charge is -2.32. The largest absolute Gasteiger partial charge is 0.357 e. The van der Waals surface area contributed by atoms with E-state index < -0.39 is 0 Å². The molecule has 0 atom stereocenters. The number of nitrogens with zero attached hydrogens (tertiary/aromatic N) is 3. The molecular formula is C20H21N5O2. The smallest absolute Gasteiger partial charge is 0.251 e. The maximum absolute atomic E-state index is 12.5. The number of pyridine rings is 1. The summed E-state index contributed by atoms with van der Waals surface area (Å²) in [5.74, 6) is 0.614. The number of carbonyl (C=O) groups excluding carboxylic acids is 2. The molecule has 1 aromatic heterocycles. The van der Waals surface area contributed by atoms with Gasteiger partial charge in [-0.25, -0.2) is 4.98 Å². The molecule has 7 heteroatoms. The van der Waals surface area contributed by atoms with Crippen molar-refractivity contribution in [2.75, 3.05) is 30.4 Å². The van der Waals surface area contributed by atoms with Gasteiger partial charge in [0, 0.05) is 43.5 Å². The second-order valence-electron chi connectivity index (χ2n) is 6.42. The van der Waals surface area contributed by atoms with E-state index in [-0.39, 0.29) is 17.7 Å². The summed E-state index contributed by atoms with van der Waals surface area (Å²) in [7, 11) is 1.58. The predicted octanol–water partition coefficient (Wildman–Crippen LogP) is 2.17. The molecule has 0 spiro atoms. The molecule has 2 heterocycles. The topological polar surface area (TPSA) is 98.1 Å². The Morgan fingerprint density at radius 3 is 2.41 bits per heavy atom. The van der Waals surface area contributed by atoms with Crippen LogP contribution in [0.25, 0.3) is 0 Å². The van der Waals surface area contributed by atoms with Gasteiger partial charge in [0.1, 0.15) is 11.9 Å². The average Bonchev–Trinajstić information content (AvgIpc) is 2.74. The van der Waals surface area contributed by atoms with Gasteiger partial charge in [-0.2, -0.15) is 5.26 Å². The Labute approximate surface area is 158 Å². The third kappa shape index (κ3) is 4.42. The molecule has 1 aliphatic heterocycles. The maximum atomic E-state index is 12.5. The number of amides is 2. The average molecular weight is 363 g/mol. The molecule has 1 saturated heterocycles. The van der Waals surface area contributed by atoms with Gasteiger partial charge in [-0.1, -0.05) is 0 Å². The van der Waals surface area contributed by atoms with Gasteiger partial charge in [-0.05, 0) is 49.2 Å². The van der Waals surface area contributed by atoms with Gasteiger partial charge in [0.25, 0.3) is 5.91 Å². The van der Waals surface area contributed by atoms with Crippen LogP contribution in [0.2, 0.25) is 0 Å². The van der Waals surface area contributed by atoms with E-state index in [0.29, 0.717) is 16.8 Å². The summed E-state index contributed by atoms with van der Waals surface area (Å²) < 4.78 is 0. The number of carbonyl (C=O) groups is 2. The van der Waals surface area contributed by atoms with Gasteiger partial charge in [0.05, 0.1) is 5.56 Å². The third-order valence-corrected chi connectivity index (χ3v) is 4.71. The van der Waals surface area contributed by atoms with Crippen LogP contribution in [-0.2, 0) is 4.79 Å². The SMILES string of the molecule is CNC(=O)c1ccc(NC(=O)C2CCN(c3ccc(C#N)cn3)CC2)cc1. The van der Waals surface area contributed by atoms with Crippen LogP contribution in [-0.4, -0.2) is 36.9 Å². The molecule has 1 aliphatic rings. The Morgan fingerprint density at radius 2 is 1.85 bits per heavy atom. The first kappa shape index (κ1) is 18.4. The molecule has 0 bridgehead atoms. The van der Waals surface area contributed by atoms with Crippen LogP contribution >= 0.6 is 0 Å². The lowest BCUT2D eigenvalue weighted by molar-refractivity contribution is -0.120. The fourth-order valence-corrected chi connectivity index (χ4v) is 3.10. The first-order valence-corrected chi connectivity index (χ1v) is 8.85. The highest BCUT2D eigenvalue weighted by molar-refractivity contribution is 5.96. The summed E-state index contributed by atoms with van der Waals surface area (Å²) >= 11 is 0. The van der Waals surface area contributed by atoms with Crippen molar-refractivity contribution in [2.24, 2.45) is 5.92 Å². The van der Waals surface area contributed by atoms with E-state index in [9.17, 15) is 9.59 Å². The highest BCUT2D eigenvalue weighted by atomic mass is 16.2. The predicted molar refractivity (Wildman–Crippen MR) is 102 cm³/mol. The molecule has 2 aromatic rings. The number of piperidine rings is 1. The highest BCUT2D eigenvalue weighted by Crippen LogP contribution is 2.23. The van der Waals surface area contributed by atoms with Crippen LogP contribution in [0.15, 0.2) is 42.6 Å². The first-order valence-electron chi connectivity index (χ1n) is 8.85. The lowest BCUT2D eigenvalue weighted by atomic mass is 9.95. The van der Waals surface area contributed by atoms with Gasteiger partial charge >= 0.3 is 0 Å². The van der Waals surface area contributed by atoms with E-state index in [1.807, 2.05) is 6.07 Å². The van der Waals surface area contributed by atoms with Gasteiger partial charge in [0.15, 0.2) is 0 Å². The molecule has 138 valence electrons. The van der Waals surface area contributed by atoms with E-state index in [1.165, 1.54) is 0 Å². The fraction of sp³-hybridized carbons (Fsp3) is 0.300. The maximum Gasteiger partial charge on any atom is 0.251 e. The van der Waals surface area contributed by atoms with E-state index in [0.717, 1.165) is 31.7 Å². The number of nitriles is 1. The standard InChI is InChI=1S/C20H21N5O2/c1-22-19(26)15-3-5-17(6-4-15)24-20(27)16-8-10-25(11-9-16)18-7-2-14(12-21)13-23-18/h2-7,13,16H,8-11H2,1H3,(H,22,26)(H,24,27). The van der Waals surface area contributed by atoms with Crippen LogP contribution in [0.5, 0.6) is 0 Å². The van der Waals surface area contributed by atoms with Crippen molar-refractivity contribution in [1.82, 2.24) is 10.3 Å². The summed E-state index contributed by atoms with van der Waals surface area (Å²) in [5, 5.41) is 14.3. The number of nitrogens with one attached hydrogen (secondary N) is 2. The zero-order valence-electron chi connectivity index (χ0n) is 15.1. The quantitative estimate of drug-likeness (QED) is 0.867. The molecule has 1 aromatic carbocycles. The van der Waals surface area contributed by atoms with Gasteiger partial charge in [0.2, 0.25) is 5.91 Å². The molecule has 1 fully saturated rings. The number of aromatic nitrogens is 1. The minimum absolute atomic E-state index is 0.00451. The minimum atomic E-state index is -0.156. The van der Waals surface area contributed by atoms with Gasteiger partial charge in [-0.3, -0.25) is 9.59 Å². The molecule has 3 rings (SSSR count). The van der Waals surface area contributed by atoms with Crippen LogP contribution in [0.3, 0.4) is 0 Å². The highest BCUT2D eigenvalue weighted by Gasteiger charge is 2.25. The summed E-state index contributed by atoms with van der Waals surface area (Å²) in [6.07, 6.45) is 3.05. The van der Waals surface area contributed by atoms with Gasteiger partial charge < -0.3 is 15.5 Å². The number of rotatable bonds is 4. The van der Waals surface area contributed by atoms with E-state index in [2.05, 4.69) is 26.6 Å². The number of hydrogen-bond donors (Lipinski definition) is 2. The van der Waals surface area contributed by atoms with E-state index in [4.69, 9.17) is 5.26 Å². The molecule has 0 unspecified atom stereocenters. The van der Waals surface area contributed by atoms with Crippen LogP contribution in [0.4, 0.5) is 11.5 Å². The Morgan fingerprint density at radius 1 is 1.15 bits per heavy atom. The van der Waals surface area contributed by atoms with Crippen molar-refractivity contribution in [1.29, 1.82) is 5.26 Å². The van der Waals surface area contributed by atoms with Crippen molar-refractivity contribution in [3.63, 3.8) is 0 Å². The molecule has 0 radical (unpaired) electrons. The van der Waals surface area contributed by atoms with Crippen LogP contribution < -0.4 is 15.5 Å². The Kier molecular flexibility index (Phi) is 5.67.